The molecular weight excluding hydrogens is 298 g/mol. The first-order valence-electron chi connectivity index (χ1n) is 8.31. The number of allylic oxidation sites excluding steroid dienone is 2. The Kier molecular flexibility index (Phi) is 3.87. The predicted molar refractivity (Wildman–Crippen MR) is 96.6 cm³/mol. The molecule has 0 saturated heterocycles. The SMILES string of the molecule is O=C(Nc1ccc(-c2nc3ccccc3[nH]2)cc1)[C@@H]1CC=CCC1. The fourth-order valence-electron chi connectivity index (χ4n) is 3.08. The number of para-hydroxylation sites is 2. The van der Waals surface area contributed by atoms with Gasteiger partial charge >= 0.3 is 0 Å². The lowest BCUT2D eigenvalue weighted by Crippen LogP contribution is -2.23. The molecular formula is C20H19N3O. The molecule has 4 heteroatoms. The van der Waals surface area contributed by atoms with Crippen LogP contribution in [0.15, 0.2) is 60.7 Å². The van der Waals surface area contributed by atoms with Gasteiger partial charge in [-0.3, -0.25) is 4.79 Å². The van der Waals surface area contributed by atoms with Gasteiger partial charge in [-0.15, -0.1) is 0 Å². The van der Waals surface area contributed by atoms with E-state index in [0.717, 1.165) is 47.4 Å². The largest absolute Gasteiger partial charge is 0.338 e. The van der Waals surface area contributed by atoms with E-state index in [1.165, 1.54) is 0 Å². The smallest absolute Gasteiger partial charge is 0.227 e. The van der Waals surface area contributed by atoms with Gasteiger partial charge in [0.15, 0.2) is 0 Å². The van der Waals surface area contributed by atoms with Crippen LogP contribution >= 0.6 is 0 Å². The summed E-state index contributed by atoms with van der Waals surface area (Å²) in [7, 11) is 0. The highest BCUT2D eigenvalue weighted by molar-refractivity contribution is 5.93. The number of nitrogens with zero attached hydrogens (tertiary/aromatic N) is 1. The van der Waals surface area contributed by atoms with Gasteiger partial charge in [0, 0.05) is 17.2 Å². The number of aromatic amines is 1. The second kappa shape index (κ2) is 6.32. The van der Waals surface area contributed by atoms with E-state index >= 15 is 0 Å². The topological polar surface area (TPSA) is 57.8 Å². The van der Waals surface area contributed by atoms with Crippen LogP contribution in [0.1, 0.15) is 19.3 Å². The number of amides is 1. The van der Waals surface area contributed by atoms with Gasteiger partial charge in [-0.25, -0.2) is 4.98 Å². The Balaban J connectivity index is 1.50. The summed E-state index contributed by atoms with van der Waals surface area (Å²) in [5.41, 5.74) is 3.81. The molecule has 120 valence electrons. The summed E-state index contributed by atoms with van der Waals surface area (Å²) in [6.45, 7) is 0. The van der Waals surface area contributed by atoms with Crippen molar-refractivity contribution >= 4 is 22.6 Å². The standard InChI is InChI=1S/C20H19N3O/c24-20(15-6-2-1-3-7-15)21-16-12-10-14(11-13-16)19-22-17-8-4-5-9-18(17)23-19/h1-2,4-5,8-13,15H,3,6-7H2,(H,21,24)(H,22,23)/t15-/m1/s1. The summed E-state index contributed by atoms with van der Waals surface area (Å²) < 4.78 is 0. The van der Waals surface area contributed by atoms with Gasteiger partial charge in [0.25, 0.3) is 0 Å². The molecule has 0 spiro atoms. The van der Waals surface area contributed by atoms with Crippen LogP contribution in [0.4, 0.5) is 5.69 Å². The van der Waals surface area contributed by atoms with Gasteiger partial charge < -0.3 is 10.3 Å². The molecule has 0 fully saturated rings. The second-order valence-corrected chi connectivity index (χ2v) is 6.15. The first kappa shape index (κ1) is 14.7. The molecule has 3 aromatic rings. The third-order valence-electron chi connectivity index (χ3n) is 4.46. The van der Waals surface area contributed by atoms with E-state index in [4.69, 9.17) is 0 Å². The average molecular weight is 317 g/mol. The van der Waals surface area contributed by atoms with Crippen molar-refractivity contribution in [3.8, 4) is 11.4 Å². The molecule has 2 N–H and O–H groups in total. The van der Waals surface area contributed by atoms with Gasteiger partial charge in [-0.1, -0.05) is 24.3 Å². The van der Waals surface area contributed by atoms with E-state index in [2.05, 4.69) is 27.4 Å². The number of aromatic nitrogens is 2. The van der Waals surface area contributed by atoms with Crippen LogP contribution in [0.3, 0.4) is 0 Å². The molecule has 2 aromatic carbocycles. The molecule has 1 atom stereocenters. The third-order valence-corrected chi connectivity index (χ3v) is 4.46. The Labute approximate surface area is 140 Å². The number of rotatable bonds is 3. The lowest BCUT2D eigenvalue weighted by atomic mass is 9.93. The zero-order valence-corrected chi connectivity index (χ0v) is 13.3. The molecule has 0 radical (unpaired) electrons. The lowest BCUT2D eigenvalue weighted by molar-refractivity contribution is -0.120. The minimum absolute atomic E-state index is 0.0880. The lowest BCUT2D eigenvalue weighted by Gasteiger charge is -2.17. The fourth-order valence-corrected chi connectivity index (χ4v) is 3.08. The number of nitrogens with one attached hydrogen (secondary N) is 2. The highest BCUT2D eigenvalue weighted by Crippen LogP contribution is 2.23. The van der Waals surface area contributed by atoms with E-state index < -0.39 is 0 Å². The second-order valence-electron chi connectivity index (χ2n) is 6.15. The van der Waals surface area contributed by atoms with Gasteiger partial charge in [0.2, 0.25) is 5.91 Å². The van der Waals surface area contributed by atoms with Crippen molar-refractivity contribution in [1.29, 1.82) is 0 Å². The van der Waals surface area contributed by atoms with Crippen molar-refractivity contribution in [3.05, 3.63) is 60.7 Å². The first-order chi connectivity index (χ1) is 11.8. The van der Waals surface area contributed by atoms with Gasteiger partial charge in [-0.05, 0) is 55.7 Å². The molecule has 0 saturated carbocycles. The van der Waals surface area contributed by atoms with Crippen molar-refractivity contribution in [2.75, 3.05) is 5.32 Å². The fraction of sp³-hybridized carbons (Fsp3) is 0.200. The van der Waals surface area contributed by atoms with Crippen LogP contribution in [0.25, 0.3) is 22.4 Å². The number of anilines is 1. The van der Waals surface area contributed by atoms with E-state index in [0.29, 0.717) is 0 Å². The normalized spacial score (nSPS) is 17.1. The number of hydrogen-bond acceptors (Lipinski definition) is 2. The molecule has 1 aliphatic rings. The molecule has 4 rings (SSSR count). The van der Waals surface area contributed by atoms with Crippen LogP contribution in [0, 0.1) is 5.92 Å². The average Bonchev–Trinajstić information content (AvgIpc) is 3.07. The minimum atomic E-state index is 0.0880. The minimum Gasteiger partial charge on any atom is -0.338 e. The number of carbonyl (C=O) groups is 1. The zero-order valence-electron chi connectivity index (χ0n) is 13.3. The molecule has 0 bridgehead atoms. The zero-order chi connectivity index (χ0) is 16.4. The van der Waals surface area contributed by atoms with E-state index in [1.54, 1.807) is 0 Å². The van der Waals surface area contributed by atoms with E-state index in [-0.39, 0.29) is 11.8 Å². The van der Waals surface area contributed by atoms with Gasteiger partial charge in [-0.2, -0.15) is 0 Å². The predicted octanol–water partition coefficient (Wildman–Crippen LogP) is 4.52. The summed E-state index contributed by atoms with van der Waals surface area (Å²) in [6.07, 6.45) is 7.00. The Bertz CT molecular complexity index is 860. The molecule has 1 aliphatic carbocycles. The summed E-state index contributed by atoms with van der Waals surface area (Å²) >= 11 is 0. The summed E-state index contributed by atoms with van der Waals surface area (Å²) in [5.74, 6) is 1.03. The quantitative estimate of drug-likeness (QED) is 0.698. The Morgan fingerprint density at radius 3 is 2.67 bits per heavy atom. The van der Waals surface area contributed by atoms with Crippen LogP contribution in [0.5, 0.6) is 0 Å². The maximum Gasteiger partial charge on any atom is 0.227 e. The Morgan fingerprint density at radius 2 is 1.92 bits per heavy atom. The highest BCUT2D eigenvalue weighted by atomic mass is 16.1. The van der Waals surface area contributed by atoms with Crippen LogP contribution in [-0.4, -0.2) is 15.9 Å². The van der Waals surface area contributed by atoms with Crippen LogP contribution < -0.4 is 5.32 Å². The highest BCUT2D eigenvalue weighted by Gasteiger charge is 2.18. The first-order valence-corrected chi connectivity index (χ1v) is 8.31. The van der Waals surface area contributed by atoms with Crippen LogP contribution in [0.2, 0.25) is 0 Å². The third kappa shape index (κ3) is 2.95. The number of H-pyrrole nitrogens is 1. The summed E-state index contributed by atoms with van der Waals surface area (Å²) in [6, 6.07) is 15.8. The molecule has 1 heterocycles. The van der Waals surface area contributed by atoms with Crippen molar-refractivity contribution in [3.63, 3.8) is 0 Å². The van der Waals surface area contributed by atoms with Gasteiger partial charge in [0.1, 0.15) is 5.82 Å². The van der Waals surface area contributed by atoms with Crippen molar-refractivity contribution < 1.29 is 4.79 Å². The number of fused-ring (bicyclic) bond motifs is 1. The maximum atomic E-state index is 12.3. The van der Waals surface area contributed by atoms with Crippen molar-refractivity contribution in [2.45, 2.75) is 19.3 Å². The number of hydrogen-bond donors (Lipinski definition) is 2. The molecule has 4 nitrogen and oxygen atoms in total. The monoisotopic (exact) mass is 317 g/mol. The molecule has 0 unspecified atom stereocenters. The van der Waals surface area contributed by atoms with E-state index in [9.17, 15) is 4.79 Å². The van der Waals surface area contributed by atoms with Crippen LogP contribution in [-0.2, 0) is 4.79 Å². The molecule has 24 heavy (non-hydrogen) atoms. The maximum absolute atomic E-state index is 12.3. The van der Waals surface area contributed by atoms with E-state index in [1.807, 2.05) is 48.5 Å². The molecule has 1 aromatic heterocycles. The Morgan fingerprint density at radius 1 is 1.08 bits per heavy atom. The van der Waals surface area contributed by atoms with Crippen molar-refractivity contribution in [1.82, 2.24) is 9.97 Å². The van der Waals surface area contributed by atoms with Crippen molar-refractivity contribution in [2.24, 2.45) is 5.92 Å². The Hall–Kier alpha value is -2.88. The van der Waals surface area contributed by atoms with Gasteiger partial charge in [0.05, 0.1) is 11.0 Å². The number of benzene rings is 2. The summed E-state index contributed by atoms with van der Waals surface area (Å²) in [5, 5.41) is 3.01. The summed E-state index contributed by atoms with van der Waals surface area (Å²) in [4.78, 5) is 20.2. The number of imidazole rings is 1. The molecule has 0 aliphatic heterocycles. The number of carbonyl (C=O) groups excluding carboxylic acids is 1. The molecule has 1 amide bonds.